The summed E-state index contributed by atoms with van der Waals surface area (Å²) in [5.74, 6) is 1.46. The van der Waals surface area contributed by atoms with Crippen LogP contribution >= 0.6 is 0 Å². The number of amides is 1. The van der Waals surface area contributed by atoms with Crippen LogP contribution in [0, 0.1) is 12.7 Å². The molecule has 5 heterocycles. The van der Waals surface area contributed by atoms with Gasteiger partial charge in [-0.15, -0.1) is 0 Å². The number of nitrogens with zero attached hydrogens (tertiary/aromatic N) is 7. The standard InChI is InChI=1S/C25H23FN10O/c1-3-19-9-22(35-34-19)32-21-8-15(2)31-24(33-21)17-5-6-20(27-12-17)25(37)29-11-16-4-7-23(28-10-16)36-14-18(26)13-30-36/h4-10,12-14H,3,11H2,1-2H3,(H,29,37)(H2,31,32,33,34,35). The largest absolute Gasteiger partial charge is 0.347 e. The molecule has 0 unspecified atom stereocenters. The third-order valence-electron chi connectivity index (χ3n) is 5.42. The van der Waals surface area contributed by atoms with Crippen molar-refractivity contribution in [2.24, 2.45) is 0 Å². The number of anilines is 2. The van der Waals surface area contributed by atoms with E-state index in [1.165, 1.54) is 10.9 Å². The lowest BCUT2D eigenvalue weighted by molar-refractivity contribution is 0.0946. The van der Waals surface area contributed by atoms with Crippen molar-refractivity contribution in [2.45, 2.75) is 26.8 Å². The average Bonchev–Trinajstić information content (AvgIpc) is 3.56. The first-order valence-corrected chi connectivity index (χ1v) is 11.5. The maximum Gasteiger partial charge on any atom is 0.270 e. The number of pyridine rings is 2. The van der Waals surface area contributed by atoms with Gasteiger partial charge in [0.15, 0.2) is 23.3 Å². The third-order valence-corrected chi connectivity index (χ3v) is 5.42. The van der Waals surface area contributed by atoms with E-state index in [2.05, 4.69) is 45.9 Å². The van der Waals surface area contributed by atoms with E-state index in [1.54, 1.807) is 36.7 Å². The highest BCUT2D eigenvalue weighted by molar-refractivity contribution is 5.92. The molecule has 5 rings (SSSR count). The first kappa shape index (κ1) is 23.7. The van der Waals surface area contributed by atoms with Crippen LogP contribution in [0.1, 0.15) is 34.4 Å². The molecule has 0 aliphatic heterocycles. The lowest BCUT2D eigenvalue weighted by Crippen LogP contribution is -2.23. The third kappa shape index (κ3) is 5.64. The lowest BCUT2D eigenvalue weighted by atomic mass is 10.2. The molecule has 0 aromatic carbocycles. The maximum absolute atomic E-state index is 13.1. The lowest BCUT2D eigenvalue weighted by Gasteiger charge is -2.08. The van der Waals surface area contributed by atoms with Crippen molar-refractivity contribution in [1.82, 2.24) is 45.2 Å². The van der Waals surface area contributed by atoms with Gasteiger partial charge in [-0.05, 0) is 37.1 Å². The van der Waals surface area contributed by atoms with Crippen LogP contribution in [-0.4, -0.2) is 45.8 Å². The zero-order valence-electron chi connectivity index (χ0n) is 20.1. The van der Waals surface area contributed by atoms with Crippen molar-refractivity contribution >= 4 is 17.5 Å². The number of halogens is 1. The molecule has 0 spiro atoms. The van der Waals surface area contributed by atoms with E-state index >= 15 is 0 Å². The summed E-state index contributed by atoms with van der Waals surface area (Å²) in [7, 11) is 0. The van der Waals surface area contributed by atoms with Crippen LogP contribution in [0.5, 0.6) is 0 Å². The zero-order valence-corrected chi connectivity index (χ0v) is 20.1. The molecule has 0 atom stereocenters. The highest BCUT2D eigenvalue weighted by atomic mass is 19.1. The van der Waals surface area contributed by atoms with Gasteiger partial charge < -0.3 is 10.6 Å². The van der Waals surface area contributed by atoms with Gasteiger partial charge in [0.05, 0.1) is 12.4 Å². The summed E-state index contributed by atoms with van der Waals surface area (Å²) < 4.78 is 14.5. The smallest absolute Gasteiger partial charge is 0.270 e. The minimum atomic E-state index is -0.442. The Morgan fingerprint density at radius 1 is 1.05 bits per heavy atom. The van der Waals surface area contributed by atoms with Crippen molar-refractivity contribution in [3.63, 3.8) is 0 Å². The van der Waals surface area contributed by atoms with Crippen LogP contribution in [0.3, 0.4) is 0 Å². The van der Waals surface area contributed by atoms with E-state index in [0.29, 0.717) is 28.8 Å². The molecule has 5 aromatic rings. The number of rotatable bonds is 8. The minimum absolute atomic E-state index is 0.256. The van der Waals surface area contributed by atoms with Crippen molar-refractivity contribution < 1.29 is 9.18 Å². The second-order valence-electron chi connectivity index (χ2n) is 8.22. The summed E-state index contributed by atoms with van der Waals surface area (Å²) in [6.07, 6.45) is 6.36. The number of carbonyl (C=O) groups excluding carboxylic acids is 1. The van der Waals surface area contributed by atoms with E-state index in [9.17, 15) is 9.18 Å². The molecule has 11 nitrogen and oxygen atoms in total. The molecule has 0 fully saturated rings. The van der Waals surface area contributed by atoms with Crippen LogP contribution in [-0.2, 0) is 13.0 Å². The number of nitrogens with one attached hydrogen (secondary N) is 3. The molecular weight excluding hydrogens is 475 g/mol. The average molecular weight is 499 g/mol. The molecular formula is C25H23FN10O. The first-order chi connectivity index (χ1) is 18.0. The number of H-pyrrole nitrogens is 1. The summed E-state index contributed by atoms with van der Waals surface area (Å²) in [5.41, 5.74) is 3.51. The van der Waals surface area contributed by atoms with E-state index in [1.807, 2.05) is 26.0 Å². The molecule has 0 aliphatic rings. The zero-order chi connectivity index (χ0) is 25.8. The van der Waals surface area contributed by atoms with Crippen molar-refractivity contribution in [2.75, 3.05) is 5.32 Å². The minimum Gasteiger partial charge on any atom is -0.347 e. The van der Waals surface area contributed by atoms with Crippen LogP contribution in [0.25, 0.3) is 17.2 Å². The van der Waals surface area contributed by atoms with Crippen LogP contribution in [0.15, 0.2) is 61.2 Å². The predicted octanol–water partition coefficient (Wildman–Crippen LogP) is 3.53. The Hall–Kier alpha value is -5.00. The Morgan fingerprint density at radius 3 is 2.62 bits per heavy atom. The SMILES string of the molecule is CCc1cc(Nc2cc(C)nc(-c3ccc(C(=O)NCc4ccc(-n5cc(F)cn5)nc4)nc3)n2)n[nH]1. The molecule has 1 amide bonds. The quantitative estimate of drug-likeness (QED) is 0.295. The van der Waals surface area contributed by atoms with Gasteiger partial charge in [-0.3, -0.25) is 14.9 Å². The molecule has 0 bridgehead atoms. The number of aromatic nitrogens is 8. The van der Waals surface area contributed by atoms with E-state index < -0.39 is 5.82 Å². The molecule has 0 saturated carbocycles. The summed E-state index contributed by atoms with van der Waals surface area (Å²) >= 11 is 0. The summed E-state index contributed by atoms with van der Waals surface area (Å²) in [5, 5.41) is 17.1. The second-order valence-corrected chi connectivity index (χ2v) is 8.22. The molecule has 37 heavy (non-hydrogen) atoms. The highest BCUT2D eigenvalue weighted by Gasteiger charge is 2.11. The molecule has 0 saturated heterocycles. The van der Waals surface area contributed by atoms with Crippen LogP contribution in [0.2, 0.25) is 0 Å². The first-order valence-electron chi connectivity index (χ1n) is 11.5. The van der Waals surface area contributed by atoms with Crippen LogP contribution < -0.4 is 10.6 Å². The highest BCUT2D eigenvalue weighted by Crippen LogP contribution is 2.20. The Balaban J connectivity index is 1.22. The predicted molar refractivity (Wildman–Crippen MR) is 134 cm³/mol. The van der Waals surface area contributed by atoms with E-state index in [4.69, 9.17) is 0 Å². The van der Waals surface area contributed by atoms with Crippen molar-refractivity contribution in [1.29, 1.82) is 0 Å². The van der Waals surface area contributed by atoms with Gasteiger partial charge in [0, 0.05) is 48.0 Å². The number of aryl methyl sites for hydroxylation is 2. The van der Waals surface area contributed by atoms with Crippen molar-refractivity contribution in [3.05, 3.63) is 89.6 Å². The Kier molecular flexibility index (Phi) is 6.62. The van der Waals surface area contributed by atoms with Crippen molar-refractivity contribution in [3.8, 4) is 17.2 Å². The van der Waals surface area contributed by atoms with Gasteiger partial charge in [0.25, 0.3) is 5.91 Å². The molecule has 12 heteroatoms. The Labute approximate surface area is 211 Å². The Bertz CT molecular complexity index is 1530. The van der Waals surface area contributed by atoms with Gasteiger partial charge in [0.1, 0.15) is 11.5 Å². The monoisotopic (exact) mass is 498 g/mol. The van der Waals surface area contributed by atoms with Gasteiger partial charge >= 0.3 is 0 Å². The number of carbonyl (C=O) groups is 1. The Morgan fingerprint density at radius 2 is 1.95 bits per heavy atom. The topological polar surface area (TPSA) is 139 Å². The van der Waals surface area contributed by atoms with Gasteiger partial charge in [-0.1, -0.05) is 13.0 Å². The fraction of sp³-hybridized carbons (Fsp3) is 0.160. The molecule has 3 N–H and O–H groups in total. The molecule has 0 radical (unpaired) electrons. The maximum atomic E-state index is 13.1. The van der Waals surface area contributed by atoms with Gasteiger partial charge in [-0.25, -0.2) is 24.0 Å². The summed E-state index contributed by atoms with van der Waals surface area (Å²) in [4.78, 5) is 30.2. The summed E-state index contributed by atoms with van der Waals surface area (Å²) in [6.45, 7) is 4.18. The molecule has 5 aromatic heterocycles. The molecule has 186 valence electrons. The van der Waals surface area contributed by atoms with Gasteiger partial charge in [-0.2, -0.15) is 10.2 Å². The van der Waals surface area contributed by atoms with E-state index in [-0.39, 0.29) is 18.1 Å². The number of hydrogen-bond donors (Lipinski definition) is 3. The summed E-state index contributed by atoms with van der Waals surface area (Å²) in [6, 6.07) is 10.6. The normalized spacial score (nSPS) is 10.9. The fourth-order valence-electron chi connectivity index (χ4n) is 3.52. The van der Waals surface area contributed by atoms with E-state index in [0.717, 1.165) is 29.6 Å². The second kappa shape index (κ2) is 10.3. The fourth-order valence-corrected chi connectivity index (χ4v) is 3.52. The number of aromatic amines is 1. The molecule has 0 aliphatic carbocycles. The number of hydrogen-bond acceptors (Lipinski definition) is 8. The van der Waals surface area contributed by atoms with Crippen LogP contribution in [0.4, 0.5) is 16.0 Å². The van der Waals surface area contributed by atoms with Gasteiger partial charge in [0.2, 0.25) is 0 Å².